The van der Waals surface area contributed by atoms with E-state index in [1.54, 1.807) is 42.7 Å². The molecule has 0 radical (unpaired) electrons. The Morgan fingerprint density at radius 1 is 1.00 bits per heavy atom. The monoisotopic (exact) mass is 510 g/mol. The number of aromatic nitrogens is 1. The molecule has 8 heteroatoms. The first-order valence-electron chi connectivity index (χ1n) is 12.7. The first kappa shape index (κ1) is 27.0. The van der Waals surface area contributed by atoms with Crippen molar-refractivity contribution in [3.63, 3.8) is 0 Å². The zero-order valence-corrected chi connectivity index (χ0v) is 22.4. The Morgan fingerprint density at radius 2 is 1.74 bits per heavy atom. The van der Waals surface area contributed by atoms with Crippen LogP contribution < -0.4 is 10.6 Å². The molecular weight excluding hydrogens is 476 g/mol. The third-order valence-corrected chi connectivity index (χ3v) is 6.92. The van der Waals surface area contributed by atoms with Gasteiger partial charge in [0, 0.05) is 55.7 Å². The van der Waals surface area contributed by atoms with Gasteiger partial charge in [0.15, 0.2) is 0 Å². The summed E-state index contributed by atoms with van der Waals surface area (Å²) in [5.74, 6) is -0.568. The second-order valence-electron chi connectivity index (χ2n) is 10.4. The summed E-state index contributed by atoms with van der Waals surface area (Å²) in [7, 11) is 2.12. The van der Waals surface area contributed by atoms with E-state index in [-0.39, 0.29) is 11.8 Å². The van der Waals surface area contributed by atoms with Gasteiger partial charge >= 0.3 is 0 Å². The summed E-state index contributed by atoms with van der Waals surface area (Å²) in [6.45, 7) is 10.2. The van der Waals surface area contributed by atoms with Crippen molar-refractivity contribution in [1.82, 2.24) is 14.8 Å². The molecule has 4 rings (SSSR count). The van der Waals surface area contributed by atoms with E-state index < -0.39 is 5.41 Å². The summed E-state index contributed by atoms with van der Waals surface area (Å²) in [5, 5.41) is 15.5. The van der Waals surface area contributed by atoms with Gasteiger partial charge in [-0.2, -0.15) is 5.26 Å². The van der Waals surface area contributed by atoms with E-state index in [1.165, 1.54) is 0 Å². The van der Waals surface area contributed by atoms with Gasteiger partial charge in [-0.3, -0.25) is 19.5 Å². The summed E-state index contributed by atoms with van der Waals surface area (Å²) in [6, 6.07) is 16.8. The second-order valence-corrected chi connectivity index (χ2v) is 10.4. The first-order chi connectivity index (χ1) is 18.1. The maximum absolute atomic E-state index is 13.4. The minimum absolute atomic E-state index is 0.279. The number of piperazine rings is 1. The smallest absolute Gasteiger partial charge is 0.256 e. The van der Waals surface area contributed by atoms with Gasteiger partial charge in [-0.1, -0.05) is 12.1 Å². The maximum atomic E-state index is 13.4. The highest BCUT2D eigenvalue weighted by Crippen LogP contribution is 2.26. The molecule has 0 bridgehead atoms. The lowest BCUT2D eigenvalue weighted by Crippen LogP contribution is -2.43. The molecule has 8 nitrogen and oxygen atoms in total. The molecule has 2 amide bonds. The molecule has 196 valence electrons. The quantitative estimate of drug-likeness (QED) is 0.487. The van der Waals surface area contributed by atoms with Gasteiger partial charge in [0.1, 0.15) is 0 Å². The highest BCUT2D eigenvalue weighted by molar-refractivity contribution is 6.08. The Bertz CT molecular complexity index is 1350. The first-order valence-corrected chi connectivity index (χ1v) is 12.7. The van der Waals surface area contributed by atoms with Gasteiger partial charge in [-0.15, -0.1) is 0 Å². The lowest BCUT2D eigenvalue weighted by atomic mass is 9.84. The van der Waals surface area contributed by atoms with Crippen LogP contribution in [0.25, 0.3) is 0 Å². The fourth-order valence-electron chi connectivity index (χ4n) is 4.39. The largest absolute Gasteiger partial charge is 0.322 e. The number of carbonyl (C=O) groups excluding carboxylic acids is 2. The van der Waals surface area contributed by atoms with Gasteiger partial charge in [0.25, 0.3) is 11.8 Å². The maximum Gasteiger partial charge on any atom is 0.256 e. The van der Waals surface area contributed by atoms with Crippen molar-refractivity contribution in [2.24, 2.45) is 0 Å². The number of pyridine rings is 1. The number of anilines is 2. The molecule has 1 aliphatic heterocycles. The number of carbonyl (C=O) groups is 2. The molecule has 2 aromatic carbocycles. The molecule has 1 saturated heterocycles. The fraction of sp³-hybridized carbons (Fsp3) is 0.333. The molecule has 0 spiro atoms. The average Bonchev–Trinajstić information content (AvgIpc) is 2.91. The molecule has 2 N–H and O–H groups in total. The standard InChI is InChI=1S/C30H34N6O2/c1-21-7-8-25(17-27(21)29(38)34-26-6-5-9-32-18-26)33-28(37)23-14-22(15-24(16-23)30(2,3)20-31)19-36-12-10-35(4)11-13-36/h5-9,14-18H,10-13,19H2,1-4H3,(H,33,37)(H,34,38). The Kier molecular flexibility index (Phi) is 8.20. The van der Waals surface area contributed by atoms with E-state index in [0.29, 0.717) is 29.0 Å². The number of hydrogen-bond donors (Lipinski definition) is 2. The number of nitrogens with zero attached hydrogens (tertiary/aromatic N) is 4. The van der Waals surface area contributed by atoms with Crippen molar-refractivity contribution in [2.75, 3.05) is 43.9 Å². The summed E-state index contributed by atoms with van der Waals surface area (Å²) in [6.07, 6.45) is 3.22. The van der Waals surface area contributed by atoms with E-state index in [4.69, 9.17) is 0 Å². The number of amides is 2. The third kappa shape index (κ3) is 6.62. The SMILES string of the molecule is Cc1ccc(NC(=O)c2cc(CN3CCN(C)CC3)cc(C(C)(C)C#N)c2)cc1C(=O)Nc1cccnc1. The van der Waals surface area contributed by atoms with Gasteiger partial charge in [0.05, 0.1) is 23.4 Å². The van der Waals surface area contributed by atoms with Crippen molar-refractivity contribution < 1.29 is 9.59 Å². The van der Waals surface area contributed by atoms with Crippen LogP contribution in [0.1, 0.15) is 51.3 Å². The predicted octanol–water partition coefficient (Wildman–Crippen LogP) is 4.44. The predicted molar refractivity (Wildman–Crippen MR) is 149 cm³/mol. The van der Waals surface area contributed by atoms with E-state index in [2.05, 4.69) is 38.5 Å². The van der Waals surface area contributed by atoms with Crippen molar-refractivity contribution in [2.45, 2.75) is 32.7 Å². The molecule has 0 unspecified atom stereocenters. The molecule has 38 heavy (non-hydrogen) atoms. The Balaban J connectivity index is 1.57. The fourth-order valence-corrected chi connectivity index (χ4v) is 4.39. The molecule has 0 atom stereocenters. The number of nitriles is 1. The molecule has 2 heterocycles. The Labute approximate surface area is 224 Å². The molecule has 3 aromatic rings. The number of aryl methyl sites for hydroxylation is 1. The van der Waals surface area contributed by atoms with Gasteiger partial charge in [-0.05, 0) is 80.9 Å². The van der Waals surface area contributed by atoms with Crippen LogP contribution in [0.5, 0.6) is 0 Å². The van der Waals surface area contributed by atoms with Crippen molar-refractivity contribution in [1.29, 1.82) is 5.26 Å². The van der Waals surface area contributed by atoms with E-state index in [1.807, 2.05) is 39.0 Å². The van der Waals surface area contributed by atoms with Crippen molar-refractivity contribution >= 4 is 23.2 Å². The lowest BCUT2D eigenvalue weighted by molar-refractivity contribution is 0.101. The third-order valence-electron chi connectivity index (χ3n) is 6.92. The zero-order valence-electron chi connectivity index (χ0n) is 22.4. The zero-order chi connectivity index (χ0) is 27.3. The van der Waals surface area contributed by atoms with Crippen LogP contribution in [0, 0.1) is 18.3 Å². The highest BCUT2D eigenvalue weighted by atomic mass is 16.2. The number of hydrogen-bond acceptors (Lipinski definition) is 6. The van der Waals surface area contributed by atoms with E-state index >= 15 is 0 Å². The topological polar surface area (TPSA) is 101 Å². The normalized spacial score (nSPS) is 14.5. The second kappa shape index (κ2) is 11.5. The van der Waals surface area contributed by atoms with Crippen LogP contribution in [0.15, 0.2) is 60.9 Å². The summed E-state index contributed by atoms with van der Waals surface area (Å²) >= 11 is 0. The number of likely N-dealkylation sites (N-methyl/N-ethyl adjacent to an activating group) is 1. The molecular formula is C30H34N6O2. The van der Waals surface area contributed by atoms with Crippen LogP contribution in [0.3, 0.4) is 0 Å². The number of benzene rings is 2. The van der Waals surface area contributed by atoms with Crippen LogP contribution >= 0.6 is 0 Å². The van der Waals surface area contributed by atoms with Crippen LogP contribution in [-0.2, 0) is 12.0 Å². The van der Waals surface area contributed by atoms with Gasteiger partial charge < -0.3 is 15.5 Å². The highest BCUT2D eigenvalue weighted by Gasteiger charge is 2.24. The Hall–Kier alpha value is -4.06. The van der Waals surface area contributed by atoms with Crippen molar-refractivity contribution in [3.05, 3.63) is 88.7 Å². The van der Waals surface area contributed by atoms with Gasteiger partial charge in [0.2, 0.25) is 0 Å². The summed E-state index contributed by atoms with van der Waals surface area (Å²) in [4.78, 5) is 35.0. The summed E-state index contributed by atoms with van der Waals surface area (Å²) in [5.41, 5.74) is 3.90. The number of nitrogens with one attached hydrogen (secondary N) is 2. The van der Waals surface area contributed by atoms with Crippen LogP contribution in [0.2, 0.25) is 0 Å². The van der Waals surface area contributed by atoms with E-state index in [9.17, 15) is 14.9 Å². The number of rotatable bonds is 7. The van der Waals surface area contributed by atoms with Crippen LogP contribution in [0.4, 0.5) is 11.4 Å². The van der Waals surface area contributed by atoms with Crippen molar-refractivity contribution in [3.8, 4) is 6.07 Å². The molecule has 0 saturated carbocycles. The van der Waals surface area contributed by atoms with E-state index in [0.717, 1.165) is 42.9 Å². The molecule has 0 aliphatic carbocycles. The minimum atomic E-state index is -0.741. The minimum Gasteiger partial charge on any atom is -0.322 e. The molecule has 1 aliphatic rings. The molecule has 1 fully saturated rings. The van der Waals surface area contributed by atoms with Crippen LogP contribution in [-0.4, -0.2) is 59.8 Å². The average molecular weight is 511 g/mol. The van der Waals surface area contributed by atoms with Gasteiger partial charge in [-0.25, -0.2) is 0 Å². The Morgan fingerprint density at radius 3 is 2.42 bits per heavy atom. The lowest BCUT2D eigenvalue weighted by Gasteiger charge is -2.32. The summed E-state index contributed by atoms with van der Waals surface area (Å²) < 4.78 is 0. The molecule has 1 aromatic heterocycles.